The zero-order valence-electron chi connectivity index (χ0n) is 18.1. The molecule has 166 valence electrons. The minimum absolute atomic E-state index is 0.00852. The van der Waals surface area contributed by atoms with E-state index in [0.717, 1.165) is 22.3 Å². The first kappa shape index (κ1) is 20.5. The van der Waals surface area contributed by atoms with E-state index in [1.165, 1.54) is 0 Å². The second-order valence-electron chi connectivity index (χ2n) is 9.62. The van der Waals surface area contributed by atoms with Gasteiger partial charge in [-0.3, -0.25) is 9.59 Å². The molecule has 0 radical (unpaired) electrons. The average Bonchev–Trinajstić information content (AvgIpc) is 3.20. The standard InChI is InChI=1S/C25H26N2O5/c1-24(2,21(28)27-12-15-11-25(15,14-27)22(29)30)26-23(31)32-13-20-18-9-5-3-7-16(18)17-8-4-6-10-19(17)20/h3-10,15,20H,11-14H2,1-2H3,(H,26,31)(H,29,30). The summed E-state index contributed by atoms with van der Waals surface area (Å²) < 4.78 is 5.56. The van der Waals surface area contributed by atoms with Crippen molar-refractivity contribution >= 4 is 18.0 Å². The lowest BCUT2D eigenvalue weighted by Gasteiger charge is -2.31. The number of aliphatic carboxylic acids is 1. The van der Waals surface area contributed by atoms with Crippen molar-refractivity contribution in [3.8, 4) is 11.1 Å². The molecule has 2 aliphatic carbocycles. The van der Waals surface area contributed by atoms with E-state index in [0.29, 0.717) is 13.0 Å². The van der Waals surface area contributed by atoms with Crippen LogP contribution in [-0.4, -0.2) is 53.2 Å². The summed E-state index contributed by atoms with van der Waals surface area (Å²) in [6.07, 6.45) is -0.0469. The summed E-state index contributed by atoms with van der Waals surface area (Å²) in [4.78, 5) is 38.7. The maximum absolute atomic E-state index is 13.0. The number of carboxylic acid groups (broad SMARTS) is 1. The predicted octanol–water partition coefficient (Wildman–Crippen LogP) is 3.24. The lowest BCUT2D eigenvalue weighted by Crippen LogP contribution is -2.56. The Labute approximate surface area is 186 Å². The molecule has 1 aliphatic heterocycles. The molecule has 1 saturated heterocycles. The summed E-state index contributed by atoms with van der Waals surface area (Å²) in [5, 5.41) is 12.1. The third-order valence-electron chi connectivity index (χ3n) is 7.15. The monoisotopic (exact) mass is 434 g/mol. The highest BCUT2D eigenvalue weighted by atomic mass is 16.5. The Kier molecular flexibility index (Phi) is 4.55. The number of hydrogen-bond acceptors (Lipinski definition) is 4. The lowest BCUT2D eigenvalue weighted by molar-refractivity contribution is -0.144. The number of piperidine rings is 1. The SMILES string of the molecule is CC(C)(NC(=O)OCC1c2ccccc2-c2ccccc21)C(=O)N1CC2CC2(C(=O)O)C1. The number of carboxylic acids is 1. The van der Waals surface area contributed by atoms with Gasteiger partial charge < -0.3 is 20.1 Å². The van der Waals surface area contributed by atoms with Crippen molar-refractivity contribution in [1.82, 2.24) is 10.2 Å². The molecule has 7 heteroatoms. The van der Waals surface area contributed by atoms with Crippen LogP contribution in [0.1, 0.15) is 37.3 Å². The van der Waals surface area contributed by atoms with Crippen LogP contribution >= 0.6 is 0 Å². The molecule has 0 spiro atoms. The molecule has 1 saturated carbocycles. The van der Waals surface area contributed by atoms with Gasteiger partial charge in [0.1, 0.15) is 12.1 Å². The number of carbonyl (C=O) groups is 3. The van der Waals surface area contributed by atoms with Crippen LogP contribution in [0.5, 0.6) is 0 Å². The third kappa shape index (κ3) is 3.15. The van der Waals surface area contributed by atoms with E-state index in [2.05, 4.69) is 17.4 Å². The Morgan fingerprint density at radius 1 is 1.09 bits per heavy atom. The van der Waals surface area contributed by atoms with Gasteiger partial charge in [0.05, 0.1) is 5.41 Å². The molecule has 2 N–H and O–H groups in total. The highest BCUT2D eigenvalue weighted by Gasteiger charge is 2.66. The molecule has 2 amide bonds. The van der Waals surface area contributed by atoms with Crippen molar-refractivity contribution in [1.29, 1.82) is 0 Å². The van der Waals surface area contributed by atoms with E-state index in [1.807, 2.05) is 36.4 Å². The van der Waals surface area contributed by atoms with Gasteiger partial charge in [-0.2, -0.15) is 0 Å². The summed E-state index contributed by atoms with van der Waals surface area (Å²) in [6.45, 7) is 4.02. The van der Waals surface area contributed by atoms with Crippen LogP contribution in [-0.2, 0) is 14.3 Å². The topological polar surface area (TPSA) is 95.9 Å². The van der Waals surface area contributed by atoms with Crippen molar-refractivity contribution in [2.75, 3.05) is 19.7 Å². The maximum atomic E-state index is 13.0. The number of rotatable bonds is 5. The molecule has 0 bridgehead atoms. The van der Waals surface area contributed by atoms with Crippen LogP contribution in [0.3, 0.4) is 0 Å². The predicted molar refractivity (Wildman–Crippen MR) is 117 cm³/mol. The summed E-state index contributed by atoms with van der Waals surface area (Å²) in [5.41, 5.74) is 2.54. The highest BCUT2D eigenvalue weighted by Crippen LogP contribution is 2.58. The summed E-state index contributed by atoms with van der Waals surface area (Å²) in [6, 6.07) is 16.2. The molecular weight excluding hydrogens is 408 g/mol. The van der Waals surface area contributed by atoms with Gasteiger partial charge in [0, 0.05) is 19.0 Å². The minimum atomic E-state index is -1.20. The fourth-order valence-electron chi connectivity index (χ4n) is 5.31. The average molecular weight is 434 g/mol. The van der Waals surface area contributed by atoms with Crippen molar-refractivity contribution < 1.29 is 24.2 Å². The molecule has 2 unspecified atom stereocenters. The van der Waals surface area contributed by atoms with Gasteiger partial charge in [0.2, 0.25) is 5.91 Å². The van der Waals surface area contributed by atoms with Crippen molar-refractivity contribution in [3.63, 3.8) is 0 Å². The maximum Gasteiger partial charge on any atom is 0.408 e. The lowest BCUT2D eigenvalue weighted by atomic mass is 9.98. The number of likely N-dealkylation sites (tertiary alicyclic amines) is 1. The van der Waals surface area contributed by atoms with E-state index in [-0.39, 0.29) is 30.9 Å². The van der Waals surface area contributed by atoms with E-state index >= 15 is 0 Å². The first-order valence-corrected chi connectivity index (χ1v) is 10.9. The molecule has 2 aromatic carbocycles. The zero-order valence-corrected chi connectivity index (χ0v) is 18.1. The number of nitrogens with zero attached hydrogens (tertiary/aromatic N) is 1. The fourth-order valence-corrected chi connectivity index (χ4v) is 5.31. The quantitative estimate of drug-likeness (QED) is 0.753. The highest BCUT2D eigenvalue weighted by molar-refractivity contribution is 5.91. The van der Waals surface area contributed by atoms with Gasteiger partial charge in [-0.05, 0) is 48.4 Å². The molecule has 5 rings (SSSR count). The normalized spacial score (nSPS) is 23.2. The molecule has 0 aromatic heterocycles. The van der Waals surface area contributed by atoms with Crippen LogP contribution in [0, 0.1) is 11.3 Å². The van der Waals surface area contributed by atoms with Gasteiger partial charge in [0.15, 0.2) is 0 Å². The zero-order chi connectivity index (χ0) is 22.7. The first-order valence-electron chi connectivity index (χ1n) is 10.9. The number of benzene rings is 2. The molecule has 2 atom stereocenters. The molecular formula is C25H26N2O5. The number of hydrogen-bond donors (Lipinski definition) is 2. The molecule has 3 aliphatic rings. The van der Waals surface area contributed by atoms with Crippen LogP contribution in [0.4, 0.5) is 4.79 Å². The Bertz CT molecular complexity index is 1080. The van der Waals surface area contributed by atoms with Crippen LogP contribution in [0.15, 0.2) is 48.5 Å². The van der Waals surface area contributed by atoms with Gasteiger partial charge in [-0.15, -0.1) is 0 Å². The summed E-state index contributed by atoms with van der Waals surface area (Å²) >= 11 is 0. The van der Waals surface area contributed by atoms with E-state index in [1.54, 1.807) is 18.7 Å². The number of alkyl carbamates (subject to hydrolysis) is 1. The Morgan fingerprint density at radius 2 is 1.69 bits per heavy atom. The Hall–Kier alpha value is -3.35. The summed E-state index contributed by atoms with van der Waals surface area (Å²) in [7, 11) is 0. The van der Waals surface area contributed by atoms with Crippen molar-refractivity contribution in [2.24, 2.45) is 11.3 Å². The van der Waals surface area contributed by atoms with Gasteiger partial charge in [-0.25, -0.2) is 4.79 Å². The number of ether oxygens (including phenoxy) is 1. The van der Waals surface area contributed by atoms with Crippen molar-refractivity contribution in [2.45, 2.75) is 31.7 Å². The van der Waals surface area contributed by atoms with E-state index in [9.17, 15) is 19.5 Å². The number of amides is 2. The Balaban J connectivity index is 1.23. The number of fused-ring (bicyclic) bond motifs is 4. The molecule has 7 nitrogen and oxygen atoms in total. The molecule has 2 fully saturated rings. The third-order valence-corrected chi connectivity index (χ3v) is 7.15. The van der Waals surface area contributed by atoms with Crippen LogP contribution in [0.25, 0.3) is 11.1 Å². The van der Waals surface area contributed by atoms with Crippen LogP contribution < -0.4 is 5.32 Å². The minimum Gasteiger partial charge on any atom is -0.481 e. The van der Waals surface area contributed by atoms with Crippen molar-refractivity contribution in [3.05, 3.63) is 59.7 Å². The second-order valence-corrected chi connectivity index (χ2v) is 9.62. The first-order chi connectivity index (χ1) is 15.2. The second kappa shape index (κ2) is 7.08. The largest absolute Gasteiger partial charge is 0.481 e. The smallest absolute Gasteiger partial charge is 0.408 e. The molecule has 1 heterocycles. The van der Waals surface area contributed by atoms with E-state index in [4.69, 9.17) is 4.74 Å². The van der Waals surface area contributed by atoms with Crippen LogP contribution in [0.2, 0.25) is 0 Å². The number of carbonyl (C=O) groups excluding carboxylic acids is 2. The van der Waals surface area contributed by atoms with Gasteiger partial charge in [-0.1, -0.05) is 48.5 Å². The van der Waals surface area contributed by atoms with Gasteiger partial charge in [0.25, 0.3) is 0 Å². The Morgan fingerprint density at radius 3 is 2.25 bits per heavy atom. The van der Waals surface area contributed by atoms with Gasteiger partial charge >= 0.3 is 12.1 Å². The molecule has 32 heavy (non-hydrogen) atoms. The number of nitrogens with one attached hydrogen (secondary N) is 1. The summed E-state index contributed by atoms with van der Waals surface area (Å²) in [5.74, 6) is -1.19. The molecule has 2 aromatic rings. The van der Waals surface area contributed by atoms with E-state index < -0.39 is 23.0 Å². The fraction of sp³-hybridized carbons (Fsp3) is 0.400.